The molecule has 1 N–H and O–H groups in total. The molecule has 1 aliphatic carbocycles. The Labute approximate surface area is 142 Å². The van der Waals surface area contributed by atoms with E-state index in [1.807, 2.05) is 18.2 Å². The summed E-state index contributed by atoms with van der Waals surface area (Å²) in [5.74, 6) is 1.06. The second-order valence-electron chi connectivity index (χ2n) is 6.45. The molecule has 6 nitrogen and oxygen atoms in total. The molecule has 1 aromatic rings. The van der Waals surface area contributed by atoms with Crippen molar-refractivity contribution in [1.29, 1.82) is 0 Å². The van der Waals surface area contributed by atoms with Gasteiger partial charge in [-0.2, -0.15) is 0 Å². The van der Waals surface area contributed by atoms with Crippen molar-refractivity contribution in [2.24, 2.45) is 5.92 Å². The number of carbonyl (C=O) groups excluding carboxylic acids is 2. The minimum absolute atomic E-state index is 0.0333. The van der Waals surface area contributed by atoms with Gasteiger partial charge in [-0.05, 0) is 30.9 Å². The number of nitrogens with one attached hydrogen (secondary N) is 1. The molecule has 2 aliphatic rings. The molecule has 2 fully saturated rings. The Balaban J connectivity index is 1.56. The van der Waals surface area contributed by atoms with Gasteiger partial charge in [-0.15, -0.1) is 0 Å². The van der Waals surface area contributed by atoms with E-state index < -0.39 is 0 Å². The van der Waals surface area contributed by atoms with Crippen LogP contribution in [0, 0.1) is 5.92 Å². The number of methoxy groups -OCH3 is 2. The van der Waals surface area contributed by atoms with Crippen molar-refractivity contribution in [3.05, 3.63) is 29.8 Å². The fraction of sp³-hybridized carbons (Fsp3) is 0.556. The molecule has 24 heavy (non-hydrogen) atoms. The summed E-state index contributed by atoms with van der Waals surface area (Å²) in [5.41, 5.74) is 1.14. The van der Waals surface area contributed by atoms with Crippen LogP contribution in [-0.2, 0) is 9.53 Å². The maximum Gasteiger partial charge on any atom is 0.409 e. The zero-order chi connectivity index (χ0) is 17.1. The molecule has 0 radical (unpaired) electrons. The molecular weight excluding hydrogens is 308 g/mol. The van der Waals surface area contributed by atoms with Crippen LogP contribution in [-0.4, -0.2) is 50.3 Å². The van der Waals surface area contributed by atoms with Crippen LogP contribution >= 0.6 is 0 Å². The van der Waals surface area contributed by atoms with Crippen LogP contribution in [0.5, 0.6) is 5.75 Å². The van der Waals surface area contributed by atoms with Gasteiger partial charge >= 0.3 is 6.09 Å². The van der Waals surface area contributed by atoms with Gasteiger partial charge in [-0.1, -0.05) is 18.2 Å². The highest BCUT2D eigenvalue weighted by molar-refractivity contribution is 5.80. The standard InChI is InChI=1S/C18H24N2O4/c1-23-16-8-4-3-7-13(16)14-10-15(14)19-17(21)12-6-5-9-20(11-12)18(22)24-2/h3-4,7-8,12,14-15H,5-6,9-11H2,1-2H3,(H,19,21)/t12-,14-,15-/m0/s1. The van der Waals surface area contributed by atoms with Crippen LogP contribution in [0.25, 0.3) is 0 Å². The summed E-state index contributed by atoms with van der Waals surface area (Å²) in [4.78, 5) is 25.8. The molecule has 1 saturated heterocycles. The fourth-order valence-corrected chi connectivity index (χ4v) is 3.46. The molecular formula is C18H24N2O4. The number of hydrogen-bond acceptors (Lipinski definition) is 4. The minimum Gasteiger partial charge on any atom is -0.496 e. The SMILES string of the molecule is COC(=O)N1CCC[C@H](C(=O)N[C@H]2C[C@H]2c2ccccc2OC)C1. The number of hydrogen-bond donors (Lipinski definition) is 1. The van der Waals surface area contributed by atoms with E-state index in [-0.39, 0.29) is 24.0 Å². The van der Waals surface area contributed by atoms with Crippen LogP contribution in [0.15, 0.2) is 24.3 Å². The number of amides is 2. The van der Waals surface area contributed by atoms with Crippen LogP contribution in [0.4, 0.5) is 4.79 Å². The largest absolute Gasteiger partial charge is 0.496 e. The van der Waals surface area contributed by atoms with Crippen molar-refractivity contribution in [1.82, 2.24) is 10.2 Å². The highest BCUT2D eigenvalue weighted by atomic mass is 16.5. The Hall–Kier alpha value is -2.24. The van der Waals surface area contributed by atoms with E-state index >= 15 is 0 Å². The third-order valence-corrected chi connectivity index (χ3v) is 4.88. The Morgan fingerprint density at radius 3 is 2.79 bits per heavy atom. The fourth-order valence-electron chi connectivity index (χ4n) is 3.46. The van der Waals surface area contributed by atoms with Crippen LogP contribution < -0.4 is 10.1 Å². The lowest BCUT2D eigenvalue weighted by Gasteiger charge is -2.30. The smallest absolute Gasteiger partial charge is 0.409 e. The van der Waals surface area contributed by atoms with Crippen molar-refractivity contribution < 1.29 is 19.1 Å². The first-order valence-electron chi connectivity index (χ1n) is 8.40. The Kier molecular flexibility index (Phi) is 4.92. The van der Waals surface area contributed by atoms with Crippen molar-refractivity contribution in [2.45, 2.75) is 31.2 Å². The Morgan fingerprint density at radius 2 is 2.04 bits per heavy atom. The number of nitrogens with zero attached hydrogens (tertiary/aromatic N) is 1. The normalized spacial score (nSPS) is 25.8. The average Bonchev–Trinajstić information content (AvgIpc) is 3.39. The van der Waals surface area contributed by atoms with Gasteiger partial charge < -0.3 is 19.7 Å². The summed E-state index contributed by atoms with van der Waals surface area (Å²) in [6.45, 7) is 1.09. The van der Waals surface area contributed by atoms with Crippen molar-refractivity contribution in [2.75, 3.05) is 27.3 Å². The van der Waals surface area contributed by atoms with Gasteiger partial charge in [-0.25, -0.2) is 4.79 Å². The zero-order valence-corrected chi connectivity index (χ0v) is 14.2. The van der Waals surface area contributed by atoms with E-state index in [0.29, 0.717) is 19.0 Å². The van der Waals surface area contributed by atoms with E-state index in [2.05, 4.69) is 11.4 Å². The van der Waals surface area contributed by atoms with Gasteiger partial charge in [0.05, 0.1) is 20.1 Å². The molecule has 1 saturated carbocycles. The van der Waals surface area contributed by atoms with Crippen molar-refractivity contribution >= 4 is 12.0 Å². The number of carbonyl (C=O) groups is 2. The molecule has 0 bridgehead atoms. The molecule has 0 spiro atoms. The molecule has 1 aromatic carbocycles. The summed E-state index contributed by atoms with van der Waals surface area (Å²) in [5, 5.41) is 3.13. The zero-order valence-electron chi connectivity index (χ0n) is 14.2. The quantitative estimate of drug-likeness (QED) is 0.917. The van der Waals surface area contributed by atoms with Crippen LogP contribution in [0.2, 0.25) is 0 Å². The first kappa shape index (κ1) is 16.6. The van der Waals surface area contributed by atoms with Gasteiger partial charge in [0.1, 0.15) is 5.75 Å². The summed E-state index contributed by atoms with van der Waals surface area (Å²) in [6.07, 6.45) is 2.21. The predicted molar refractivity (Wildman–Crippen MR) is 89.0 cm³/mol. The summed E-state index contributed by atoms with van der Waals surface area (Å²) < 4.78 is 10.2. The molecule has 0 unspecified atom stereocenters. The van der Waals surface area contributed by atoms with Gasteiger partial charge in [0.15, 0.2) is 0 Å². The number of piperidine rings is 1. The highest BCUT2D eigenvalue weighted by Gasteiger charge is 2.42. The van der Waals surface area contributed by atoms with E-state index in [9.17, 15) is 9.59 Å². The number of para-hydroxylation sites is 1. The lowest BCUT2D eigenvalue weighted by atomic mass is 9.97. The second kappa shape index (κ2) is 7.11. The second-order valence-corrected chi connectivity index (χ2v) is 6.45. The van der Waals surface area contributed by atoms with Crippen LogP contribution in [0.3, 0.4) is 0 Å². The van der Waals surface area contributed by atoms with Gasteiger partial charge in [0.2, 0.25) is 5.91 Å². The van der Waals surface area contributed by atoms with Gasteiger partial charge in [0.25, 0.3) is 0 Å². The molecule has 1 aliphatic heterocycles. The molecule has 6 heteroatoms. The lowest BCUT2D eigenvalue weighted by molar-refractivity contribution is -0.126. The first-order valence-corrected chi connectivity index (χ1v) is 8.40. The maximum atomic E-state index is 12.5. The Bertz CT molecular complexity index is 619. The molecule has 0 aromatic heterocycles. The molecule has 1 heterocycles. The third kappa shape index (κ3) is 3.47. The monoisotopic (exact) mass is 332 g/mol. The van der Waals surface area contributed by atoms with E-state index in [1.165, 1.54) is 7.11 Å². The number of benzene rings is 1. The summed E-state index contributed by atoms with van der Waals surface area (Å²) >= 11 is 0. The molecule has 2 amide bonds. The lowest BCUT2D eigenvalue weighted by Crippen LogP contribution is -2.46. The van der Waals surface area contributed by atoms with Gasteiger partial charge in [-0.3, -0.25) is 4.79 Å². The molecule has 3 atom stereocenters. The third-order valence-electron chi connectivity index (χ3n) is 4.88. The van der Waals surface area contributed by atoms with E-state index in [1.54, 1.807) is 12.0 Å². The maximum absolute atomic E-state index is 12.5. The van der Waals surface area contributed by atoms with Crippen molar-refractivity contribution in [3.8, 4) is 5.75 Å². The summed E-state index contributed by atoms with van der Waals surface area (Å²) in [7, 11) is 3.03. The number of ether oxygens (including phenoxy) is 2. The predicted octanol–water partition coefficient (Wildman–Crippen LogP) is 2.15. The minimum atomic E-state index is -0.356. The Morgan fingerprint density at radius 1 is 1.25 bits per heavy atom. The molecule has 3 rings (SSSR count). The highest BCUT2D eigenvalue weighted by Crippen LogP contribution is 2.44. The van der Waals surface area contributed by atoms with E-state index in [0.717, 1.165) is 30.6 Å². The topological polar surface area (TPSA) is 67.9 Å². The number of rotatable bonds is 4. The van der Waals surface area contributed by atoms with E-state index in [4.69, 9.17) is 9.47 Å². The van der Waals surface area contributed by atoms with Gasteiger partial charge in [0, 0.05) is 25.0 Å². The number of likely N-dealkylation sites (tertiary alicyclic amines) is 1. The first-order chi connectivity index (χ1) is 11.6. The summed E-state index contributed by atoms with van der Waals surface area (Å²) in [6, 6.07) is 8.09. The average molecular weight is 332 g/mol. The van der Waals surface area contributed by atoms with Crippen molar-refractivity contribution in [3.63, 3.8) is 0 Å². The van der Waals surface area contributed by atoms with Crippen LogP contribution in [0.1, 0.15) is 30.7 Å². The molecule has 130 valence electrons.